The summed E-state index contributed by atoms with van der Waals surface area (Å²) in [5.41, 5.74) is -0.436. The van der Waals surface area contributed by atoms with Crippen molar-refractivity contribution < 1.29 is 24.6 Å². The first-order chi connectivity index (χ1) is 10.8. The van der Waals surface area contributed by atoms with Gasteiger partial charge in [0.15, 0.2) is 5.54 Å². The van der Waals surface area contributed by atoms with Gasteiger partial charge < -0.3 is 15.5 Å². The Morgan fingerprint density at radius 1 is 1.13 bits per heavy atom. The van der Waals surface area contributed by atoms with E-state index >= 15 is 0 Å². The Balaban J connectivity index is 2.78. The molecule has 1 amide bonds. The van der Waals surface area contributed by atoms with Gasteiger partial charge in [0.05, 0.1) is 6.54 Å². The summed E-state index contributed by atoms with van der Waals surface area (Å²) < 4.78 is 0. The van der Waals surface area contributed by atoms with Crippen LogP contribution < -0.4 is 10.6 Å². The number of aliphatic carboxylic acids is 2. The van der Waals surface area contributed by atoms with Crippen LogP contribution in [-0.2, 0) is 20.8 Å². The highest BCUT2D eigenvalue weighted by Gasteiger charge is 2.41. The van der Waals surface area contributed by atoms with Crippen molar-refractivity contribution in [3.63, 3.8) is 0 Å². The SMILES string of the molecule is CCCCc1ccc(NC(=O)C(C)(NCC(=O)O)C(=O)O)cc1. The Morgan fingerprint density at radius 3 is 2.22 bits per heavy atom. The largest absolute Gasteiger partial charge is 0.480 e. The fourth-order valence-electron chi connectivity index (χ4n) is 1.90. The molecule has 0 fully saturated rings. The lowest BCUT2D eigenvalue weighted by molar-refractivity contribution is -0.148. The molecule has 0 aromatic heterocycles. The molecule has 1 aromatic rings. The molecule has 0 aliphatic heterocycles. The van der Waals surface area contributed by atoms with Gasteiger partial charge in [-0.1, -0.05) is 25.5 Å². The van der Waals surface area contributed by atoms with Gasteiger partial charge in [0.25, 0.3) is 5.91 Å². The minimum atomic E-state index is -2.03. The van der Waals surface area contributed by atoms with Gasteiger partial charge in [-0.25, -0.2) is 4.79 Å². The van der Waals surface area contributed by atoms with Gasteiger partial charge in [0.1, 0.15) is 0 Å². The number of carboxylic acid groups (broad SMARTS) is 2. The normalized spacial score (nSPS) is 13.1. The first kappa shape index (κ1) is 18.6. The van der Waals surface area contributed by atoms with E-state index < -0.39 is 29.9 Å². The highest BCUT2D eigenvalue weighted by Crippen LogP contribution is 2.14. The third-order valence-corrected chi connectivity index (χ3v) is 3.51. The minimum Gasteiger partial charge on any atom is -0.480 e. The number of carbonyl (C=O) groups is 3. The molecule has 1 atom stereocenters. The Hall–Kier alpha value is -2.41. The Morgan fingerprint density at radius 2 is 1.74 bits per heavy atom. The molecule has 0 saturated heterocycles. The average Bonchev–Trinajstić information content (AvgIpc) is 2.51. The van der Waals surface area contributed by atoms with Gasteiger partial charge >= 0.3 is 11.9 Å². The van der Waals surface area contributed by atoms with Gasteiger partial charge in [0.2, 0.25) is 0 Å². The predicted octanol–water partition coefficient (Wildman–Crippen LogP) is 1.49. The molecule has 126 valence electrons. The van der Waals surface area contributed by atoms with Gasteiger partial charge in [0, 0.05) is 5.69 Å². The van der Waals surface area contributed by atoms with Crippen molar-refractivity contribution in [1.29, 1.82) is 0 Å². The first-order valence-corrected chi connectivity index (χ1v) is 7.40. The Bertz CT molecular complexity index is 570. The number of hydrogen-bond acceptors (Lipinski definition) is 4. The van der Waals surface area contributed by atoms with Crippen LogP contribution in [0, 0.1) is 0 Å². The summed E-state index contributed by atoms with van der Waals surface area (Å²) in [7, 11) is 0. The van der Waals surface area contributed by atoms with Crippen molar-refractivity contribution in [2.45, 2.75) is 38.6 Å². The van der Waals surface area contributed by atoms with Crippen LogP contribution in [0.25, 0.3) is 0 Å². The summed E-state index contributed by atoms with van der Waals surface area (Å²) in [4.78, 5) is 34.1. The maximum Gasteiger partial charge on any atom is 0.333 e. The maximum absolute atomic E-state index is 12.2. The Labute approximate surface area is 134 Å². The topological polar surface area (TPSA) is 116 Å². The fourth-order valence-corrected chi connectivity index (χ4v) is 1.90. The second-order valence-electron chi connectivity index (χ2n) is 5.43. The molecule has 23 heavy (non-hydrogen) atoms. The lowest BCUT2D eigenvalue weighted by Crippen LogP contribution is -2.59. The highest BCUT2D eigenvalue weighted by molar-refractivity contribution is 6.12. The summed E-state index contributed by atoms with van der Waals surface area (Å²) in [6.45, 7) is 2.60. The number of carboxylic acids is 2. The second kappa shape index (κ2) is 8.28. The Kier molecular flexibility index (Phi) is 6.71. The maximum atomic E-state index is 12.2. The minimum absolute atomic E-state index is 0.458. The van der Waals surface area contributed by atoms with Crippen LogP contribution in [0.5, 0.6) is 0 Å². The van der Waals surface area contributed by atoms with Crippen LogP contribution in [0.2, 0.25) is 0 Å². The summed E-state index contributed by atoms with van der Waals surface area (Å²) in [6, 6.07) is 7.13. The quantitative estimate of drug-likeness (QED) is 0.512. The smallest absolute Gasteiger partial charge is 0.333 e. The van der Waals surface area contributed by atoms with Gasteiger partial charge in [-0.15, -0.1) is 0 Å². The van der Waals surface area contributed by atoms with Crippen LogP contribution in [0.1, 0.15) is 32.3 Å². The van der Waals surface area contributed by atoms with E-state index in [9.17, 15) is 19.5 Å². The van der Waals surface area contributed by atoms with Crippen molar-refractivity contribution >= 4 is 23.5 Å². The summed E-state index contributed by atoms with van der Waals surface area (Å²) in [5.74, 6) is -3.52. The summed E-state index contributed by atoms with van der Waals surface area (Å²) in [6.07, 6.45) is 3.10. The molecule has 1 unspecified atom stereocenters. The van der Waals surface area contributed by atoms with Crippen molar-refractivity contribution in [2.75, 3.05) is 11.9 Å². The third-order valence-electron chi connectivity index (χ3n) is 3.51. The van der Waals surface area contributed by atoms with Crippen LogP contribution in [0.4, 0.5) is 5.69 Å². The number of rotatable bonds is 9. The average molecular weight is 322 g/mol. The zero-order valence-corrected chi connectivity index (χ0v) is 13.3. The molecular formula is C16H22N2O5. The third kappa shape index (κ3) is 5.37. The lowest BCUT2D eigenvalue weighted by atomic mass is 10.0. The molecule has 0 aliphatic carbocycles. The monoisotopic (exact) mass is 322 g/mol. The van der Waals surface area contributed by atoms with Crippen molar-refractivity contribution in [3.8, 4) is 0 Å². The first-order valence-electron chi connectivity index (χ1n) is 7.40. The molecule has 0 saturated carbocycles. The fraction of sp³-hybridized carbons (Fsp3) is 0.438. The number of aryl methyl sites for hydroxylation is 1. The number of benzene rings is 1. The molecule has 1 aromatic carbocycles. The van der Waals surface area contributed by atoms with Crippen LogP contribution >= 0.6 is 0 Å². The van der Waals surface area contributed by atoms with Gasteiger partial charge in [-0.3, -0.25) is 14.9 Å². The molecule has 1 rings (SSSR count). The van der Waals surface area contributed by atoms with E-state index in [0.29, 0.717) is 5.69 Å². The zero-order valence-electron chi connectivity index (χ0n) is 13.3. The van der Waals surface area contributed by atoms with E-state index in [0.717, 1.165) is 31.7 Å². The number of hydrogen-bond donors (Lipinski definition) is 4. The predicted molar refractivity (Wildman–Crippen MR) is 85.4 cm³/mol. The van der Waals surface area contributed by atoms with Crippen LogP contribution in [0.15, 0.2) is 24.3 Å². The number of anilines is 1. The molecule has 7 heteroatoms. The number of carbonyl (C=O) groups excluding carboxylic acids is 1. The standard InChI is InChI=1S/C16H22N2O5/c1-3-4-5-11-6-8-12(9-7-11)18-14(21)16(2,15(22)23)17-10-13(19)20/h6-9,17H,3-5,10H2,1-2H3,(H,18,21)(H,19,20)(H,22,23). The molecule has 7 nitrogen and oxygen atoms in total. The number of amides is 1. The molecule has 0 radical (unpaired) electrons. The van der Waals surface area contributed by atoms with E-state index in [1.165, 1.54) is 0 Å². The van der Waals surface area contributed by atoms with Crippen LogP contribution in [-0.4, -0.2) is 40.1 Å². The van der Waals surface area contributed by atoms with Gasteiger partial charge in [-0.2, -0.15) is 0 Å². The van der Waals surface area contributed by atoms with Crippen molar-refractivity contribution in [2.24, 2.45) is 0 Å². The zero-order chi connectivity index (χ0) is 17.5. The molecule has 0 aliphatic rings. The van der Waals surface area contributed by atoms with E-state index in [2.05, 4.69) is 17.6 Å². The summed E-state index contributed by atoms with van der Waals surface area (Å²) in [5, 5.41) is 22.6. The summed E-state index contributed by atoms with van der Waals surface area (Å²) >= 11 is 0. The lowest BCUT2D eigenvalue weighted by Gasteiger charge is -2.24. The highest BCUT2D eigenvalue weighted by atomic mass is 16.4. The molecular weight excluding hydrogens is 300 g/mol. The van der Waals surface area contributed by atoms with E-state index in [1.54, 1.807) is 12.1 Å². The van der Waals surface area contributed by atoms with E-state index in [-0.39, 0.29) is 0 Å². The molecule has 0 bridgehead atoms. The molecule has 0 spiro atoms. The van der Waals surface area contributed by atoms with Crippen molar-refractivity contribution in [1.82, 2.24) is 5.32 Å². The van der Waals surface area contributed by atoms with Gasteiger partial charge in [-0.05, 0) is 37.5 Å². The number of nitrogens with one attached hydrogen (secondary N) is 2. The molecule has 0 heterocycles. The number of unbranched alkanes of at least 4 members (excludes halogenated alkanes) is 1. The van der Waals surface area contributed by atoms with Crippen molar-refractivity contribution in [3.05, 3.63) is 29.8 Å². The molecule has 4 N–H and O–H groups in total. The second-order valence-corrected chi connectivity index (χ2v) is 5.43. The van der Waals surface area contributed by atoms with E-state index in [4.69, 9.17) is 5.11 Å². The van der Waals surface area contributed by atoms with E-state index in [1.807, 2.05) is 12.1 Å². The van der Waals surface area contributed by atoms with Crippen LogP contribution in [0.3, 0.4) is 0 Å².